The van der Waals surface area contributed by atoms with Gasteiger partial charge in [0.05, 0.1) is 0 Å². The van der Waals surface area contributed by atoms with Gasteiger partial charge in [-0.1, -0.05) is 13.8 Å². The van der Waals surface area contributed by atoms with E-state index < -0.39 is 0 Å². The number of rotatable bonds is 3. The summed E-state index contributed by atoms with van der Waals surface area (Å²) < 4.78 is 4.86. The normalized spacial score (nSPS) is 11.3. The Morgan fingerprint density at radius 3 is 2.40 bits per heavy atom. The lowest BCUT2D eigenvalue weighted by atomic mass is 10.3. The van der Waals surface area contributed by atoms with Crippen molar-refractivity contribution in [2.45, 2.75) is 33.6 Å². The molecular formula is C8H14O2. The zero-order valence-electron chi connectivity index (χ0n) is 6.81. The van der Waals surface area contributed by atoms with E-state index in [0.717, 1.165) is 18.6 Å². The van der Waals surface area contributed by atoms with Crippen LogP contribution in [0.3, 0.4) is 0 Å². The summed E-state index contributed by atoms with van der Waals surface area (Å²) in [5.41, 5.74) is 0. The average molecular weight is 142 g/mol. The van der Waals surface area contributed by atoms with E-state index in [2.05, 4.69) is 0 Å². The zero-order valence-corrected chi connectivity index (χ0v) is 6.81. The molecule has 58 valence electrons. The van der Waals surface area contributed by atoms with Gasteiger partial charge in [-0.2, -0.15) is 0 Å². The maximum atomic E-state index is 10.4. The van der Waals surface area contributed by atoms with Crippen molar-refractivity contribution in [3.05, 3.63) is 11.8 Å². The molecule has 0 aliphatic rings. The van der Waals surface area contributed by atoms with E-state index in [1.54, 1.807) is 0 Å². The quantitative estimate of drug-likeness (QED) is 0.446. The molecule has 0 aromatic carbocycles. The summed E-state index contributed by atoms with van der Waals surface area (Å²) in [6, 6.07) is 0. The molecule has 0 heterocycles. The van der Waals surface area contributed by atoms with Crippen molar-refractivity contribution in [3.63, 3.8) is 0 Å². The second-order valence-corrected chi connectivity index (χ2v) is 2.03. The molecule has 0 saturated heterocycles. The Morgan fingerprint density at radius 1 is 1.50 bits per heavy atom. The highest BCUT2D eigenvalue weighted by Crippen LogP contribution is 2.03. The summed E-state index contributed by atoms with van der Waals surface area (Å²) in [6.07, 6.45) is 3.62. The van der Waals surface area contributed by atoms with Crippen molar-refractivity contribution in [1.82, 2.24) is 0 Å². The van der Waals surface area contributed by atoms with Gasteiger partial charge in [0, 0.05) is 13.3 Å². The Hall–Kier alpha value is -0.790. The predicted molar refractivity (Wildman–Crippen MR) is 40.4 cm³/mol. The van der Waals surface area contributed by atoms with Crippen LogP contribution in [0, 0.1) is 0 Å². The number of carbonyl (C=O) groups is 1. The van der Waals surface area contributed by atoms with Gasteiger partial charge in [0.15, 0.2) is 0 Å². The van der Waals surface area contributed by atoms with E-state index >= 15 is 0 Å². The van der Waals surface area contributed by atoms with Crippen molar-refractivity contribution < 1.29 is 9.53 Å². The van der Waals surface area contributed by atoms with Gasteiger partial charge >= 0.3 is 5.97 Å². The van der Waals surface area contributed by atoms with Crippen LogP contribution < -0.4 is 0 Å². The molecule has 0 aromatic heterocycles. The Bertz CT molecular complexity index is 136. The standard InChI is InChI=1S/C8H14O2/c1-4-6-8(5-2)10-7(3)9/h6H,4-5H2,1-3H3/b8-6-. The van der Waals surface area contributed by atoms with Crippen molar-refractivity contribution in [2.75, 3.05) is 0 Å². The lowest BCUT2D eigenvalue weighted by Crippen LogP contribution is -1.97. The van der Waals surface area contributed by atoms with Crippen LogP contribution in [0.5, 0.6) is 0 Å². The second-order valence-electron chi connectivity index (χ2n) is 2.03. The molecule has 0 atom stereocenters. The zero-order chi connectivity index (χ0) is 7.98. The summed E-state index contributed by atoms with van der Waals surface area (Å²) in [5.74, 6) is 0.538. The van der Waals surface area contributed by atoms with Crippen LogP contribution in [0.25, 0.3) is 0 Å². The van der Waals surface area contributed by atoms with Crippen molar-refractivity contribution >= 4 is 5.97 Å². The summed E-state index contributed by atoms with van der Waals surface area (Å²) >= 11 is 0. The van der Waals surface area contributed by atoms with E-state index in [-0.39, 0.29) is 5.97 Å². The van der Waals surface area contributed by atoms with Crippen LogP contribution in [0.15, 0.2) is 11.8 Å². The first-order chi connectivity index (χ1) is 4.70. The second kappa shape index (κ2) is 5.03. The Balaban J connectivity index is 3.83. The van der Waals surface area contributed by atoms with Gasteiger partial charge in [-0.3, -0.25) is 4.79 Å². The topological polar surface area (TPSA) is 26.3 Å². The monoisotopic (exact) mass is 142 g/mol. The first-order valence-electron chi connectivity index (χ1n) is 3.58. The number of allylic oxidation sites excluding steroid dienone is 2. The van der Waals surface area contributed by atoms with Gasteiger partial charge in [-0.15, -0.1) is 0 Å². The number of ether oxygens (including phenoxy) is 1. The van der Waals surface area contributed by atoms with E-state index in [4.69, 9.17) is 4.74 Å². The lowest BCUT2D eigenvalue weighted by Gasteiger charge is -2.01. The molecule has 2 heteroatoms. The molecule has 0 radical (unpaired) electrons. The summed E-state index contributed by atoms with van der Waals surface area (Å²) in [4.78, 5) is 10.4. The van der Waals surface area contributed by atoms with Crippen LogP contribution in [0.1, 0.15) is 33.6 Å². The number of esters is 1. The maximum absolute atomic E-state index is 10.4. The van der Waals surface area contributed by atoms with Crippen LogP contribution in [0.2, 0.25) is 0 Å². The third-order valence-corrected chi connectivity index (χ3v) is 1.06. The first kappa shape index (κ1) is 9.21. The third kappa shape index (κ3) is 4.13. The fraction of sp³-hybridized carbons (Fsp3) is 0.625. The number of hydrogen-bond donors (Lipinski definition) is 0. The molecule has 0 bridgehead atoms. The van der Waals surface area contributed by atoms with Gasteiger partial charge in [-0.25, -0.2) is 0 Å². The minimum atomic E-state index is -0.235. The smallest absolute Gasteiger partial charge is 0.307 e. The fourth-order valence-electron chi connectivity index (χ4n) is 0.670. The van der Waals surface area contributed by atoms with Crippen molar-refractivity contribution in [3.8, 4) is 0 Å². The molecule has 0 saturated carbocycles. The van der Waals surface area contributed by atoms with E-state index in [1.165, 1.54) is 6.92 Å². The fourth-order valence-corrected chi connectivity index (χ4v) is 0.670. The molecule has 0 amide bonds. The molecule has 0 N–H and O–H groups in total. The summed E-state index contributed by atoms with van der Waals surface area (Å²) in [6.45, 7) is 5.39. The number of hydrogen-bond acceptors (Lipinski definition) is 2. The van der Waals surface area contributed by atoms with E-state index in [1.807, 2.05) is 19.9 Å². The van der Waals surface area contributed by atoms with Crippen LogP contribution in [0.4, 0.5) is 0 Å². The van der Waals surface area contributed by atoms with Crippen LogP contribution in [-0.2, 0) is 9.53 Å². The van der Waals surface area contributed by atoms with E-state index in [9.17, 15) is 4.79 Å². The highest BCUT2D eigenvalue weighted by molar-refractivity contribution is 5.67. The van der Waals surface area contributed by atoms with Gasteiger partial charge in [0.1, 0.15) is 5.76 Å². The molecule has 0 aromatic rings. The summed E-state index contributed by atoms with van der Waals surface area (Å²) in [7, 11) is 0. The third-order valence-electron chi connectivity index (χ3n) is 1.06. The largest absolute Gasteiger partial charge is 0.432 e. The van der Waals surface area contributed by atoms with Gasteiger partial charge in [0.25, 0.3) is 0 Å². The minimum Gasteiger partial charge on any atom is -0.432 e. The number of carbonyl (C=O) groups excluding carboxylic acids is 1. The minimum absolute atomic E-state index is 0.235. The Labute approximate surface area is 61.9 Å². The molecular weight excluding hydrogens is 128 g/mol. The predicted octanol–water partition coefficient (Wildman–Crippen LogP) is 2.25. The lowest BCUT2D eigenvalue weighted by molar-refractivity contribution is -0.137. The molecule has 0 aliphatic carbocycles. The molecule has 0 fully saturated rings. The Kier molecular flexibility index (Phi) is 4.63. The summed E-state index contributed by atoms with van der Waals surface area (Å²) in [5, 5.41) is 0. The highest BCUT2D eigenvalue weighted by Gasteiger charge is 1.96. The molecule has 0 unspecified atom stereocenters. The van der Waals surface area contributed by atoms with Gasteiger partial charge < -0.3 is 4.74 Å². The van der Waals surface area contributed by atoms with Crippen LogP contribution in [-0.4, -0.2) is 5.97 Å². The van der Waals surface area contributed by atoms with Crippen molar-refractivity contribution in [2.24, 2.45) is 0 Å². The Morgan fingerprint density at radius 2 is 2.10 bits per heavy atom. The van der Waals surface area contributed by atoms with Gasteiger partial charge in [-0.05, 0) is 12.5 Å². The van der Waals surface area contributed by atoms with Crippen molar-refractivity contribution in [1.29, 1.82) is 0 Å². The molecule has 0 rings (SSSR count). The van der Waals surface area contributed by atoms with Gasteiger partial charge in [0.2, 0.25) is 0 Å². The first-order valence-corrected chi connectivity index (χ1v) is 3.58. The van der Waals surface area contributed by atoms with Crippen LogP contribution >= 0.6 is 0 Å². The average Bonchev–Trinajstić information content (AvgIpc) is 1.86. The molecule has 0 aliphatic heterocycles. The SMILES string of the molecule is CC/C=C(/CC)OC(C)=O. The highest BCUT2D eigenvalue weighted by atomic mass is 16.5. The molecule has 10 heavy (non-hydrogen) atoms. The maximum Gasteiger partial charge on any atom is 0.307 e. The molecule has 0 spiro atoms. The van der Waals surface area contributed by atoms with E-state index in [0.29, 0.717) is 0 Å². The molecule has 2 nitrogen and oxygen atoms in total.